The van der Waals surface area contributed by atoms with E-state index in [-0.39, 0.29) is 0 Å². The molecule has 0 aliphatic heterocycles. The Bertz CT molecular complexity index is 7240. The number of benzene rings is 19. The van der Waals surface area contributed by atoms with E-state index < -0.39 is 0 Å². The summed E-state index contributed by atoms with van der Waals surface area (Å²) in [4.78, 5) is 0. The largest absolute Gasteiger partial charge is 0.135 e. The second-order valence-corrected chi connectivity index (χ2v) is 30.6. The summed E-state index contributed by atoms with van der Waals surface area (Å²) < 4.78 is 7.78. The summed E-state index contributed by atoms with van der Waals surface area (Å²) in [6.45, 7) is 0. The monoisotopic (exact) mass is 1350 g/mol. The van der Waals surface area contributed by atoms with Gasteiger partial charge in [0.1, 0.15) is 0 Å². The molecular formula is C100H58S3. The SMILES string of the molecule is c1ccc(-c2ccc(-c3cc(-c4c5ccccc5c(-c5ccc(-c6cccc7c6sc6c(-c8cccc9sc%10ccccc%10c89)cc(-c8c9ccccc9c(-c9cccc%10ccccc9%10)c9ccccc89)cc67)c6ccccc56)c5ccccc45)cc4c3sc3ccccc34)c3ccccc23)cc1. The molecule has 0 aliphatic carbocycles. The van der Waals surface area contributed by atoms with Gasteiger partial charge >= 0.3 is 0 Å². The van der Waals surface area contributed by atoms with Crippen molar-refractivity contribution in [2.75, 3.05) is 0 Å². The standard InChI is InChI=1S/C100H58S3/c1-2-25-59(26-3-1)64-51-52-70(66-31-7-6-30-65(64)66)86-55-61(56-87-71-34-18-20-48-90(71)102-99(86)87)93-75-37-12-16-41-79(75)96(80-42-17-13-38-76(80)93)82-54-53-69(67-32-8-9-33-68(67)82)83-46-23-47-84-89-58-62(57-88(100(89)103-98(83)84)81-45-24-50-92-97(81)85-43-19-21-49-91(85)101-92)94-73-35-10-14-39-77(73)95(78-40-15-11-36-74(78)94)72-44-22-28-60-27-4-5-29-63(60)72/h1-58H. The fourth-order valence-corrected chi connectivity index (χ4v) is 21.4. The lowest BCUT2D eigenvalue weighted by atomic mass is 9.83. The summed E-state index contributed by atoms with van der Waals surface area (Å²) >= 11 is 5.75. The van der Waals surface area contributed by atoms with Crippen molar-refractivity contribution in [3.8, 4) is 89.0 Å². The molecule has 19 aromatic carbocycles. The smallest absolute Gasteiger partial charge is 0.0434 e. The second kappa shape index (κ2) is 23.1. The summed E-state index contributed by atoms with van der Waals surface area (Å²) in [6.07, 6.45) is 0. The highest BCUT2D eigenvalue weighted by Crippen LogP contribution is 2.55. The molecule has 0 radical (unpaired) electrons. The average Bonchev–Trinajstić information content (AvgIpc) is 1.70. The zero-order valence-corrected chi connectivity index (χ0v) is 58.2. The summed E-state index contributed by atoms with van der Waals surface area (Å²) in [5, 5.41) is 25.1. The molecule has 22 rings (SSSR count). The molecule has 0 amide bonds. The molecule has 0 atom stereocenters. The number of fused-ring (bicyclic) bond motifs is 16. The number of hydrogen-bond donors (Lipinski definition) is 0. The topological polar surface area (TPSA) is 0 Å². The highest BCUT2D eigenvalue weighted by molar-refractivity contribution is 7.27. The molecule has 3 aromatic heterocycles. The highest BCUT2D eigenvalue weighted by atomic mass is 32.1. The van der Waals surface area contributed by atoms with Crippen LogP contribution >= 0.6 is 34.0 Å². The summed E-state index contributed by atoms with van der Waals surface area (Å²) in [6, 6.07) is 133. The van der Waals surface area contributed by atoms with Crippen molar-refractivity contribution in [1.29, 1.82) is 0 Å². The van der Waals surface area contributed by atoms with E-state index in [1.54, 1.807) is 0 Å². The molecule has 3 heteroatoms. The Morgan fingerprint density at radius 3 is 1.10 bits per heavy atom. The number of hydrogen-bond acceptors (Lipinski definition) is 3. The maximum Gasteiger partial charge on any atom is 0.0434 e. The van der Waals surface area contributed by atoms with Gasteiger partial charge in [0.25, 0.3) is 0 Å². The molecule has 0 aliphatic rings. The van der Waals surface area contributed by atoms with E-state index in [0.29, 0.717) is 0 Å². The van der Waals surface area contributed by atoms with Crippen molar-refractivity contribution < 1.29 is 0 Å². The highest BCUT2D eigenvalue weighted by Gasteiger charge is 2.27. The lowest BCUT2D eigenvalue weighted by molar-refractivity contribution is 1.64. The average molecular weight is 1360 g/mol. The van der Waals surface area contributed by atoms with Gasteiger partial charge in [0.15, 0.2) is 0 Å². The molecule has 476 valence electrons. The molecule has 0 unspecified atom stereocenters. The molecule has 103 heavy (non-hydrogen) atoms. The predicted molar refractivity (Wildman–Crippen MR) is 451 cm³/mol. The first-order valence-corrected chi connectivity index (χ1v) is 37.9. The van der Waals surface area contributed by atoms with E-state index in [9.17, 15) is 0 Å². The number of rotatable bonds is 8. The van der Waals surface area contributed by atoms with E-state index in [0.717, 1.165) is 0 Å². The maximum atomic E-state index is 2.54. The van der Waals surface area contributed by atoms with E-state index in [2.05, 4.69) is 352 Å². The third-order valence-corrected chi connectivity index (χ3v) is 25.7. The lowest BCUT2D eigenvalue weighted by Crippen LogP contribution is -1.93. The fourth-order valence-electron chi connectivity index (χ4n) is 17.7. The zero-order chi connectivity index (χ0) is 67.4. The van der Waals surface area contributed by atoms with Gasteiger partial charge in [-0.1, -0.05) is 309 Å². The van der Waals surface area contributed by atoms with Crippen LogP contribution in [-0.4, -0.2) is 0 Å². The number of thiophene rings is 3. The Kier molecular flexibility index (Phi) is 13.1. The predicted octanol–water partition coefficient (Wildman–Crippen LogP) is 30.2. The van der Waals surface area contributed by atoms with Crippen molar-refractivity contribution in [2.24, 2.45) is 0 Å². The van der Waals surface area contributed by atoms with E-state index in [1.807, 2.05) is 34.0 Å². The minimum atomic E-state index is 1.21. The van der Waals surface area contributed by atoms with Crippen LogP contribution in [0, 0.1) is 0 Å². The van der Waals surface area contributed by atoms with E-state index >= 15 is 0 Å². The molecule has 0 nitrogen and oxygen atoms in total. The van der Waals surface area contributed by atoms with Crippen LogP contribution in [0.4, 0.5) is 0 Å². The third-order valence-electron chi connectivity index (χ3n) is 22.1. The molecule has 3 heterocycles. The Morgan fingerprint density at radius 2 is 0.495 bits per heavy atom. The van der Waals surface area contributed by atoms with E-state index in [4.69, 9.17) is 0 Å². The quantitative estimate of drug-likeness (QED) is 0.133. The molecule has 22 aromatic rings. The third kappa shape index (κ3) is 8.87. The van der Waals surface area contributed by atoms with Crippen molar-refractivity contribution in [3.63, 3.8) is 0 Å². The van der Waals surface area contributed by atoms with Crippen molar-refractivity contribution in [1.82, 2.24) is 0 Å². The van der Waals surface area contributed by atoms with Gasteiger partial charge in [-0.3, -0.25) is 0 Å². The summed E-state index contributed by atoms with van der Waals surface area (Å²) in [5.41, 5.74) is 19.9. The van der Waals surface area contributed by atoms with Gasteiger partial charge in [-0.15, -0.1) is 34.0 Å². The van der Waals surface area contributed by atoms with Gasteiger partial charge in [-0.05, 0) is 190 Å². The molecule has 0 spiro atoms. The minimum Gasteiger partial charge on any atom is -0.135 e. The van der Waals surface area contributed by atoms with Crippen LogP contribution in [0.25, 0.3) is 225 Å². The van der Waals surface area contributed by atoms with E-state index in [1.165, 1.54) is 225 Å². The van der Waals surface area contributed by atoms with Gasteiger partial charge in [0.2, 0.25) is 0 Å². The first-order valence-electron chi connectivity index (χ1n) is 35.4. The summed E-state index contributed by atoms with van der Waals surface area (Å²) in [5.74, 6) is 0. The molecule has 0 N–H and O–H groups in total. The Hall–Kier alpha value is -12.3. The van der Waals surface area contributed by atoms with Crippen molar-refractivity contribution in [2.45, 2.75) is 0 Å². The van der Waals surface area contributed by atoms with Crippen molar-refractivity contribution >= 4 is 170 Å². The molecule has 0 saturated carbocycles. The van der Waals surface area contributed by atoms with Crippen molar-refractivity contribution in [3.05, 3.63) is 352 Å². The Balaban J connectivity index is 0.757. The van der Waals surface area contributed by atoms with Crippen LogP contribution < -0.4 is 0 Å². The zero-order valence-electron chi connectivity index (χ0n) is 55.7. The molecule has 0 fully saturated rings. The van der Waals surface area contributed by atoms with Crippen LogP contribution in [0.2, 0.25) is 0 Å². The Morgan fingerprint density at radius 1 is 0.146 bits per heavy atom. The van der Waals surface area contributed by atoms with Gasteiger partial charge in [-0.25, -0.2) is 0 Å². The lowest BCUT2D eigenvalue weighted by Gasteiger charge is -2.20. The molecular weight excluding hydrogens is 1300 g/mol. The second-order valence-electron chi connectivity index (χ2n) is 27.4. The minimum absolute atomic E-state index is 1.21. The van der Waals surface area contributed by atoms with Gasteiger partial charge < -0.3 is 0 Å². The fraction of sp³-hybridized carbons (Fsp3) is 0. The molecule has 0 bridgehead atoms. The van der Waals surface area contributed by atoms with Crippen LogP contribution in [0.5, 0.6) is 0 Å². The van der Waals surface area contributed by atoms with Crippen LogP contribution in [-0.2, 0) is 0 Å². The molecule has 0 saturated heterocycles. The Labute approximate surface area is 606 Å². The van der Waals surface area contributed by atoms with Gasteiger partial charge in [0, 0.05) is 77.2 Å². The van der Waals surface area contributed by atoms with Gasteiger partial charge in [-0.2, -0.15) is 0 Å². The van der Waals surface area contributed by atoms with Gasteiger partial charge in [0.05, 0.1) is 0 Å². The summed E-state index contributed by atoms with van der Waals surface area (Å²) in [7, 11) is 0. The van der Waals surface area contributed by atoms with Crippen LogP contribution in [0.15, 0.2) is 352 Å². The first-order chi connectivity index (χ1) is 51.1. The normalized spacial score (nSPS) is 12.1. The first kappa shape index (κ1) is 58.5. The maximum absolute atomic E-state index is 2.54. The van der Waals surface area contributed by atoms with Crippen LogP contribution in [0.1, 0.15) is 0 Å². The van der Waals surface area contributed by atoms with Crippen LogP contribution in [0.3, 0.4) is 0 Å².